The second-order valence-corrected chi connectivity index (χ2v) is 24.6. The number of aromatic nitrogens is 3. The lowest BCUT2D eigenvalue weighted by atomic mass is 9.86. The number of phosphoric ester groups is 1. The summed E-state index contributed by atoms with van der Waals surface area (Å²) in [5, 5.41) is 37.9. The monoisotopic (exact) mass is 1100 g/mol. The van der Waals surface area contributed by atoms with E-state index < -0.39 is 63.1 Å². The smallest absolute Gasteiger partial charge is 0.394 e. The molecule has 1 aromatic heterocycles. The van der Waals surface area contributed by atoms with Crippen molar-refractivity contribution in [2.24, 2.45) is 17.8 Å². The molecule has 424 valence electrons. The number of nitrogens with zero attached hydrogens (tertiary/aromatic N) is 3. The van der Waals surface area contributed by atoms with Gasteiger partial charge in [-0.15, -0.1) is 5.10 Å². The van der Waals surface area contributed by atoms with Gasteiger partial charge in [-0.25, -0.2) is 9.25 Å². The number of ether oxygens (including phenoxy) is 9. The Labute approximate surface area is 441 Å². The molecule has 3 aliphatic heterocycles. The molecule has 1 aromatic rings. The summed E-state index contributed by atoms with van der Waals surface area (Å²) in [6.07, 6.45) is 0.285. The molecular formula is C49H88N3O18PS2. The maximum Gasteiger partial charge on any atom is 0.475 e. The van der Waals surface area contributed by atoms with Gasteiger partial charge in [0.15, 0.2) is 0 Å². The van der Waals surface area contributed by atoms with Crippen molar-refractivity contribution in [1.29, 1.82) is 0 Å². The molecule has 0 radical (unpaired) electrons. The van der Waals surface area contributed by atoms with Gasteiger partial charge in [0.2, 0.25) is 0 Å². The minimum atomic E-state index is -4.02. The van der Waals surface area contributed by atoms with Crippen LogP contribution in [0.5, 0.6) is 0 Å². The Morgan fingerprint density at radius 1 is 0.726 bits per heavy atom. The average Bonchev–Trinajstić information content (AvgIpc) is 4.02. The maximum absolute atomic E-state index is 14.2. The summed E-state index contributed by atoms with van der Waals surface area (Å²) in [6, 6.07) is 0. The van der Waals surface area contributed by atoms with Gasteiger partial charge >= 0.3 is 7.82 Å². The number of methoxy groups -OCH3 is 2. The second kappa shape index (κ2) is 34.0. The number of Topliss-reactive ketones (excluding diaryl/α,β-unsaturated/α-hetero) is 2. The molecule has 0 bridgehead atoms. The molecule has 14 unspecified atom stereocenters. The van der Waals surface area contributed by atoms with Gasteiger partial charge in [-0.05, 0) is 53.4 Å². The van der Waals surface area contributed by atoms with E-state index in [2.05, 4.69) is 31.1 Å². The fourth-order valence-electron chi connectivity index (χ4n) is 8.62. The predicted octanol–water partition coefficient (Wildman–Crippen LogP) is 5.07. The lowest BCUT2D eigenvalue weighted by Gasteiger charge is -2.41. The third kappa shape index (κ3) is 22.6. The number of aliphatic hydroxyl groups excluding tert-OH is 3. The summed E-state index contributed by atoms with van der Waals surface area (Å²) < 4.78 is 84.9. The first-order valence-corrected chi connectivity index (χ1v) is 29.7. The van der Waals surface area contributed by atoms with Crippen molar-refractivity contribution in [3.63, 3.8) is 0 Å². The number of carbonyl (C=O) groups excluding carboxylic acids is 2. The van der Waals surface area contributed by atoms with Crippen LogP contribution >= 0.6 is 29.4 Å². The summed E-state index contributed by atoms with van der Waals surface area (Å²) in [4.78, 5) is 25.2. The average molecular weight is 1100 g/mol. The first-order chi connectivity index (χ1) is 34.9. The number of aryl methyl sites for hydroxylation is 1. The summed E-state index contributed by atoms with van der Waals surface area (Å²) in [7, 11) is 2.73. The molecule has 4 rings (SSSR count). The highest BCUT2D eigenvalue weighted by Crippen LogP contribution is 2.54. The number of rotatable bonds is 40. The molecule has 0 aliphatic carbocycles. The molecule has 4 heterocycles. The Bertz CT molecular complexity index is 1750. The summed E-state index contributed by atoms with van der Waals surface area (Å²) >= 11 is 0. The van der Waals surface area contributed by atoms with Gasteiger partial charge in [0.1, 0.15) is 42.1 Å². The third-order valence-electron chi connectivity index (χ3n) is 13.6. The number of phosphoric acid groups is 1. The molecule has 0 saturated carbocycles. The number of hydrogen-bond donors (Lipinski definition) is 3. The van der Waals surface area contributed by atoms with E-state index >= 15 is 0 Å². The van der Waals surface area contributed by atoms with Gasteiger partial charge in [-0.1, -0.05) is 47.6 Å². The largest absolute Gasteiger partial charge is 0.475 e. The molecule has 3 N–H and O–H groups in total. The molecule has 0 aromatic carbocycles. The van der Waals surface area contributed by atoms with Crippen LogP contribution in [0.15, 0.2) is 6.20 Å². The lowest BCUT2D eigenvalue weighted by molar-refractivity contribution is -0.206. The summed E-state index contributed by atoms with van der Waals surface area (Å²) in [5.74, 6) is 0.608. The quantitative estimate of drug-likeness (QED) is 0.0441. The van der Waals surface area contributed by atoms with E-state index in [4.69, 9.17) is 56.2 Å². The van der Waals surface area contributed by atoms with Crippen molar-refractivity contribution in [2.75, 3.05) is 99.3 Å². The SMILES string of the molecule is COCC1OC(C)C(C)C1OP(=O)(OCCCCSSC(C)(C)CCC(=O)CCc1cn(CCOCCOCCOCCOCCC(=O)CC2OC(CO)C(O)C(O)C2C)nn1)OCC1OC(C)C(C)C1OC. The van der Waals surface area contributed by atoms with E-state index in [1.54, 1.807) is 47.4 Å². The van der Waals surface area contributed by atoms with Gasteiger partial charge in [0.05, 0.1) is 122 Å². The highest BCUT2D eigenvalue weighted by atomic mass is 33.1. The van der Waals surface area contributed by atoms with Crippen molar-refractivity contribution in [2.45, 2.75) is 172 Å². The lowest BCUT2D eigenvalue weighted by Crippen LogP contribution is -2.55. The van der Waals surface area contributed by atoms with Crippen LogP contribution in [0, 0.1) is 17.8 Å². The van der Waals surface area contributed by atoms with Gasteiger partial charge in [0.25, 0.3) is 0 Å². The molecular weight excluding hydrogens is 1010 g/mol. The molecule has 14 atom stereocenters. The molecule has 3 saturated heterocycles. The van der Waals surface area contributed by atoms with Crippen LogP contribution in [-0.4, -0.2) is 207 Å². The molecule has 0 spiro atoms. The van der Waals surface area contributed by atoms with Crippen LogP contribution in [0.4, 0.5) is 0 Å². The Balaban J connectivity index is 0.983. The van der Waals surface area contributed by atoms with Crippen LogP contribution < -0.4 is 0 Å². The zero-order valence-corrected chi connectivity index (χ0v) is 47.2. The normalized spacial score (nSPS) is 29.5. The van der Waals surface area contributed by atoms with Crippen LogP contribution in [0.3, 0.4) is 0 Å². The van der Waals surface area contributed by atoms with Gasteiger partial charge in [-0.3, -0.25) is 23.2 Å². The minimum absolute atomic E-state index is 0.00397. The van der Waals surface area contributed by atoms with Gasteiger partial charge in [-0.2, -0.15) is 0 Å². The number of ketones is 2. The predicted molar refractivity (Wildman–Crippen MR) is 274 cm³/mol. The van der Waals surface area contributed by atoms with Crippen molar-refractivity contribution < 1.29 is 85.7 Å². The van der Waals surface area contributed by atoms with Crippen molar-refractivity contribution in [1.82, 2.24) is 15.0 Å². The van der Waals surface area contributed by atoms with E-state index in [0.29, 0.717) is 85.1 Å². The fraction of sp³-hybridized carbons (Fsp3) is 0.918. The molecule has 73 heavy (non-hydrogen) atoms. The Hall–Kier alpha value is -1.19. The number of unbranched alkanes of at least 4 members (excludes halogenated alkanes) is 1. The minimum Gasteiger partial charge on any atom is -0.394 e. The van der Waals surface area contributed by atoms with Crippen molar-refractivity contribution in [3.8, 4) is 0 Å². The van der Waals surface area contributed by atoms with E-state index in [1.807, 2.05) is 27.0 Å². The summed E-state index contributed by atoms with van der Waals surface area (Å²) in [6.45, 7) is 17.5. The molecule has 3 fully saturated rings. The third-order valence-corrected chi connectivity index (χ3v) is 18.5. The molecule has 21 nitrogen and oxygen atoms in total. The zero-order valence-electron chi connectivity index (χ0n) is 44.7. The summed E-state index contributed by atoms with van der Waals surface area (Å²) in [5.41, 5.74) is 0.762. The first-order valence-electron chi connectivity index (χ1n) is 26.0. The van der Waals surface area contributed by atoms with Crippen LogP contribution in [-0.2, 0) is 83.3 Å². The molecule has 3 aliphatic rings. The standard InChI is InChI=1S/C49H88N3O18PS2/c1-33-36(4)68-44(47(33)60-9)32-66-71(58,70-48-34(2)37(5)67-43(48)31-59-8)65-18-10-11-27-72-73-49(6,7)16-14-39(54)13-12-38-29-52(51-50-38)17-20-62-22-24-64-26-25-63-23-21-61-19-15-40(55)28-41-35(3)45(56)46(57)42(30-53)69-41/h29,33-37,41-48,53,56-57H,10-28,30-32H2,1-9H3. The van der Waals surface area contributed by atoms with E-state index in [1.165, 1.54) is 0 Å². The number of hydrogen-bond acceptors (Lipinski definition) is 22. The van der Waals surface area contributed by atoms with Crippen LogP contribution in [0.25, 0.3) is 0 Å². The highest BCUT2D eigenvalue weighted by Gasteiger charge is 2.47. The fourth-order valence-corrected chi connectivity index (χ4v) is 12.8. The number of carbonyl (C=O) groups is 2. The van der Waals surface area contributed by atoms with Crippen molar-refractivity contribution >= 4 is 41.0 Å². The van der Waals surface area contributed by atoms with E-state index in [9.17, 15) is 29.5 Å². The number of aliphatic hydroxyl groups is 3. The van der Waals surface area contributed by atoms with E-state index in [0.717, 1.165) is 24.3 Å². The molecule has 0 amide bonds. The Morgan fingerprint density at radius 3 is 2.00 bits per heavy atom. The first kappa shape index (κ1) is 64.3. The van der Waals surface area contributed by atoms with Crippen molar-refractivity contribution in [3.05, 3.63) is 11.9 Å². The zero-order chi connectivity index (χ0) is 53.4. The van der Waals surface area contributed by atoms with Crippen LogP contribution in [0.2, 0.25) is 0 Å². The van der Waals surface area contributed by atoms with Gasteiger partial charge < -0.3 is 58.0 Å². The highest BCUT2D eigenvalue weighted by molar-refractivity contribution is 8.77. The van der Waals surface area contributed by atoms with Crippen LogP contribution in [0.1, 0.15) is 99.1 Å². The molecule has 24 heteroatoms. The second-order valence-electron chi connectivity index (χ2n) is 19.8. The Kier molecular flexibility index (Phi) is 29.9. The Morgan fingerprint density at radius 2 is 1.36 bits per heavy atom. The maximum atomic E-state index is 14.2. The van der Waals surface area contributed by atoms with E-state index in [-0.39, 0.29) is 79.1 Å². The topological polar surface area (TPSA) is 253 Å². The van der Waals surface area contributed by atoms with Gasteiger partial charge in [0, 0.05) is 74.4 Å².